The molecule has 22 heavy (non-hydrogen) atoms. The average molecular weight is 383 g/mol. The van der Waals surface area contributed by atoms with Crippen LogP contribution in [0.1, 0.15) is 16.7 Å². The van der Waals surface area contributed by atoms with Crippen LogP contribution < -0.4 is 10.1 Å². The van der Waals surface area contributed by atoms with Crippen LogP contribution in [0.3, 0.4) is 0 Å². The molecule has 0 bridgehead atoms. The number of hydrogen-bond acceptors (Lipinski definition) is 2. The Morgan fingerprint density at radius 2 is 1.77 bits per heavy atom. The van der Waals surface area contributed by atoms with Crippen LogP contribution >= 0.6 is 27.5 Å². The van der Waals surface area contributed by atoms with Crippen molar-refractivity contribution in [3.8, 4) is 5.75 Å². The van der Waals surface area contributed by atoms with E-state index in [0.29, 0.717) is 10.8 Å². The smallest absolute Gasteiger partial charge is 0.262 e. The van der Waals surface area contributed by atoms with E-state index in [1.54, 1.807) is 12.1 Å². The molecule has 5 heteroatoms. The van der Waals surface area contributed by atoms with Gasteiger partial charge in [-0.3, -0.25) is 4.79 Å². The molecular formula is C17H17BrClNO2. The van der Waals surface area contributed by atoms with Gasteiger partial charge in [0, 0.05) is 15.2 Å². The molecule has 0 aliphatic carbocycles. The summed E-state index contributed by atoms with van der Waals surface area (Å²) in [6.07, 6.45) is 0. The first-order valence-corrected chi connectivity index (χ1v) is 7.99. The summed E-state index contributed by atoms with van der Waals surface area (Å²) in [5, 5.41) is 3.57. The number of carbonyl (C=O) groups excluding carboxylic acids is 1. The molecule has 0 aromatic heterocycles. The van der Waals surface area contributed by atoms with Crippen LogP contribution in [0.2, 0.25) is 5.02 Å². The zero-order valence-electron chi connectivity index (χ0n) is 12.7. The number of benzene rings is 2. The number of nitrogens with one attached hydrogen (secondary N) is 1. The van der Waals surface area contributed by atoms with Gasteiger partial charge in [-0.1, -0.05) is 27.5 Å². The van der Waals surface area contributed by atoms with Crippen molar-refractivity contribution in [1.29, 1.82) is 0 Å². The molecule has 0 heterocycles. The zero-order chi connectivity index (χ0) is 16.3. The summed E-state index contributed by atoms with van der Waals surface area (Å²) in [6.45, 7) is 5.76. The van der Waals surface area contributed by atoms with Gasteiger partial charge in [-0.25, -0.2) is 0 Å². The third kappa shape index (κ3) is 4.24. The second-order valence-electron chi connectivity index (χ2n) is 5.16. The number of carbonyl (C=O) groups is 1. The van der Waals surface area contributed by atoms with E-state index in [-0.39, 0.29) is 12.5 Å². The third-order valence-electron chi connectivity index (χ3n) is 3.26. The Bertz CT molecular complexity index is 693. The SMILES string of the molecule is Cc1cc(OCC(=O)Nc2c(C)cc(Br)cc2C)ccc1Cl. The van der Waals surface area contributed by atoms with Gasteiger partial charge in [0.15, 0.2) is 6.61 Å². The lowest BCUT2D eigenvalue weighted by Gasteiger charge is -2.13. The normalized spacial score (nSPS) is 10.4. The van der Waals surface area contributed by atoms with Crippen LogP contribution in [0.5, 0.6) is 5.75 Å². The highest BCUT2D eigenvalue weighted by atomic mass is 79.9. The number of aryl methyl sites for hydroxylation is 3. The Kier molecular flexibility index (Phi) is 5.48. The van der Waals surface area contributed by atoms with Gasteiger partial charge in [0.25, 0.3) is 5.91 Å². The van der Waals surface area contributed by atoms with Gasteiger partial charge in [-0.05, 0) is 67.8 Å². The van der Waals surface area contributed by atoms with E-state index in [9.17, 15) is 4.79 Å². The average Bonchev–Trinajstić information content (AvgIpc) is 2.44. The highest BCUT2D eigenvalue weighted by molar-refractivity contribution is 9.10. The van der Waals surface area contributed by atoms with E-state index in [1.165, 1.54) is 0 Å². The minimum atomic E-state index is -0.193. The van der Waals surface area contributed by atoms with Crippen molar-refractivity contribution < 1.29 is 9.53 Å². The molecule has 0 saturated carbocycles. The number of hydrogen-bond donors (Lipinski definition) is 1. The second kappa shape index (κ2) is 7.16. The van der Waals surface area contributed by atoms with E-state index in [1.807, 2.05) is 39.0 Å². The van der Waals surface area contributed by atoms with Crippen molar-refractivity contribution in [3.63, 3.8) is 0 Å². The standard InChI is InChI=1S/C17H17BrClNO2/c1-10-8-14(4-5-15(10)19)22-9-16(21)20-17-11(2)6-13(18)7-12(17)3/h4-8H,9H2,1-3H3,(H,20,21). The first-order chi connectivity index (χ1) is 10.4. The first kappa shape index (κ1) is 16.8. The van der Waals surface area contributed by atoms with Crippen LogP contribution in [-0.2, 0) is 4.79 Å². The van der Waals surface area contributed by atoms with Gasteiger partial charge >= 0.3 is 0 Å². The van der Waals surface area contributed by atoms with Crippen molar-refractivity contribution in [1.82, 2.24) is 0 Å². The Hall–Kier alpha value is -1.52. The molecule has 0 fully saturated rings. The van der Waals surface area contributed by atoms with Crippen LogP contribution in [0.25, 0.3) is 0 Å². The second-order valence-corrected chi connectivity index (χ2v) is 6.49. The summed E-state index contributed by atoms with van der Waals surface area (Å²) in [5.41, 5.74) is 3.74. The van der Waals surface area contributed by atoms with Gasteiger partial charge in [-0.2, -0.15) is 0 Å². The molecule has 0 radical (unpaired) electrons. The van der Waals surface area contributed by atoms with E-state index in [2.05, 4.69) is 21.2 Å². The van der Waals surface area contributed by atoms with Crippen LogP contribution in [-0.4, -0.2) is 12.5 Å². The number of amides is 1. The quantitative estimate of drug-likeness (QED) is 0.804. The molecule has 116 valence electrons. The highest BCUT2D eigenvalue weighted by Crippen LogP contribution is 2.25. The fourth-order valence-electron chi connectivity index (χ4n) is 2.14. The summed E-state index contributed by atoms with van der Waals surface area (Å²) in [6, 6.07) is 9.25. The van der Waals surface area contributed by atoms with Gasteiger partial charge in [0.2, 0.25) is 0 Å². The number of halogens is 2. The molecule has 2 aromatic carbocycles. The van der Waals surface area contributed by atoms with E-state index >= 15 is 0 Å². The molecule has 3 nitrogen and oxygen atoms in total. The van der Waals surface area contributed by atoms with Gasteiger partial charge < -0.3 is 10.1 Å². The lowest BCUT2D eigenvalue weighted by Crippen LogP contribution is -2.21. The first-order valence-electron chi connectivity index (χ1n) is 6.82. The molecule has 0 aliphatic heterocycles. The van der Waals surface area contributed by atoms with Crippen LogP contribution in [0, 0.1) is 20.8 Å². The molecule has 2 aromatic rings. The van der Waals surface area contributed by atoms with Gasteiger partial charge in [0.1, 0.15) is 5.75 Å². The van der Waals surface area contributed by atoms with Crippen LogP contribution in [0.15, 0.2) is 34.8 Å². The fourth-order valence-corrected chi connectivity index (χ4v) is 2.94. The summed E-state index contributed by atoms with van der Waals surface area (Å²) in [7, 11) is 0. The summed E-state index contributed by atoms with van der Waals surface area (Å²) < 4.78 is 6.49. The lowest BCUT2D eigenvalue weighted by molar-refractivity contribution is -0.118. The van der Waals surface area contributed by atoms with Gasteiger partial charge in [0.05, 0.1) is 0 Å². The fraction of sp³-hybridized carbons (Fsp3) is 0.235. The minimum absolute atomic E-state index is 0.0456. The third-order valence-corrected chi connectivity index (χ3v) is 4.14. The summed E-state index contributed by atoms with van der Waals surface area (Å²) >= 11 is 9.40. The predicted molar refractivity (Wildman–Crippen MR) is 93.9 cm³/mol. The largest absolute Gasteiger partial charge is 0.484 e. The van der Waals surface area contributed by atoms with Crippen molar-refractivity contribution in [2.24, 2.45) is 0 Å². The van der Waals surface area contributed by atoms with E-state index < -0.39 is 0 Å². The zero-order valence-corrected chi connectivity index (χ0v) is 15.0. The van der Waals surface area contributed by atoms with Crippen molar-refractivity contribution in [2.45, 2.75) is 20.8 Å². The molecule has 0 unspecified atom stereocenters. The maximum Gasteiger partial charge on any atom is 0.262 e. The molecule has 0 atom stereocenters. The molecule has 0 aliphatic rings. The molecule has 0 saturated heterocycles. The van der Waals surface area contributed by atoms with E-state index in [0.717, 1.165) is 26.9 Å². The monoisotopic (exact) mass is 381 g/mol. The minimum Gasteiger partial charge on any atom is -0.484 e. The van der Waals surface area contributed by atoms with Gasteiger partial charge in [-0.15, -0.1) is 0 Å². The molecule has 0 spiro atoms. The molecule has 1 N–H and O–H groups in total. The Morgan fingerprint density at radius 3 is 2.36 bits per heavy atom. The molecular weight excluding hydrogens is 366 g/mol. The topological polar surface area (TPSA) is 38.3 Å². The van der Waals surface area contributed by atoms with E-state index in [4.69, 9.17) is 16.3 Å². The van der Waals surface area contributed by atoms with Crippen molar-refractivity contribution in [2.75, 3.05) is 11.9 Å². The lowest BCUT2D eigenvalue weighted by atomic mass is 10.1. The molecule has 1 amide bonds. The summed E-state index contributed by atoms with van der Waals surface area (Å²) in [4.78, 5) is 12.1. The number of ether oxygens (including phenoxy) is 1. The Morgan fingerprint density at radius 1 is 1.14 bits per heavy atom. The number of anilines is 1. The van der Waals surface area contributed by atoms with Crippen molar-refractivity contribution >= 4 is 39.1 Å². The molecule has 2 rings (SSSR count). The maximum atomic E-state index is 12.1. The van der Waals surface area contributed by atoms with Crippen LogP contribution in [0.4, 0.5) is 5.69 Å². The van der Waals surface area contributed by atoms with Crippen molar-refractivity contribution in [3.05, 3.63) is 56.5 Å². The highest BCUT2D eigenvalue weighted by Gasteiger charge is 2.09. The Balaban J connectivity index is 2.00. The predicted octanol–water partition coefficient (Wildman–Crippen LogP) is 5.05. The maximum absolute atomic E-state index is 12.1. The number of rotatable bonds is 4. The summed E-state index contributed by atoms with van der Waals surface area (Å²) in [5.74, 6) is 0.433. The Labute approximate surface area is 143 Å².